The molecule has 2 heterocycles. The maximum absolute atomic E-state index is 14.2. The van der Waals surface area contributed by atoms with Crippen LogP contribution in [0, 0.1) is 34.8 Å². The molecule has 3 amide bonds. The van der Waals surface area contributed by atoms with E-state index < -0.39 is 41.5 Å². The highest BCUT2D eigenvalue weighted by Gasteiger charge is 2.42. The molecule has 3 atom stereocenters. The number of nitrogens with one attached hydrogen (secondary N) is 2. The Morgan fingerprint density at radius 3 is 2.55 bits per heavy atom. The van der Waals surface area contributed by atoms with Crippen LogP contribution in [0.2, 0.25) is 0 Å². The first-order valence-electron chi connectivity index (χ1n) is 12.4. The highest BCUT2D eigenvalue weighted by atomic mass is 19.1. The van der Waals surface area contributed by atoms with Gasteiger partial charge in [-0.2, -0.15) is 5.26 Å². The second-order valence-electron chi connectivity index (χ2n) is 10.0. The number of carbonyl (C=O) groups is 3. The van der Waals surface area contributed by atoms with Crippen molar-refractivity contribution in [3.05, 3.63) is 65.9 Å². The van der Waals surface area contributed by atoms with Gasteiger partial charge in [0.15, 0.2) is 0 Å². The Morgan fingerprint density at radius 1 is 1.18 bits per heavy atom. The average Bonchev–Trinajstić information content (AvgIpc) is 3.51. The number of nitriles is 1. The summed E-state index contributed by atoms with van der Waals surface area (Å²) in [5.74, 6) is -3.45. The minimum Gasteiger partial charge on any atom is -0.350 e. The van der Waals surface area contributed by atoms with Crippen molar-refractivity contribution in [3.8, 4) is 6.07 Å². The molecule has 1 fully saturated rings. The highest BCUT2D eigenvalue weighted by molar-refractivity contribution is 6.00. The third-order valence-electron chi connectivity index (χ3n) is 6.80. The van der Waals surface area contributed by atoms with Gasteiger partial charge in [0.25, 0.3) is 5.91 Å². The molecule has 198 valence electrons. The molecule has 0 spiro atoms. The second kappa shape index (κ2) is 11.0. The predicted octanol–water partition coefficient (Wildman–Crippen LogP) is 4.31. The van der Waals surface area contributed by atoms with Gasteiger partial charge in [-0.1, -0.05) is 32.0 Å². The summed E-state index contributed by atoms with van der Waals surface area (Å²) < 4.78 is 27.8. The number of carbonyl (C=O) groups excluding carboxylic acids is 3. The zero-order chi connectivity index (χ0) is 27.6. The topological polar surface area (TPSA) is 109 Å². The lowest BCUT2D eigenvalue weighted by Crippen LogP contribution is -2.51. The van der Waals surface area contributed by atoms with Gasteiger partial charge in [0.05, 0.1) is 17.5 Å². The minimum absolute atomic E-state index is 0.00641. The molecular weight excluding hydrogens is 492 g/mol. The van der Waals surface area contributed by atoms with E-state index in [1.54, 1.807) is 24.3 Å². The van der Waals surface area contributed by atoms with E-state index in [9.17, 15) is 28.4 Å². The molecule has 3 aromatic rings. The molecule has 38 heavy (non-hydrogen) atoms. The SMILES string of the molecule is CC(C)CC(C(=O)N1CC(C(=O)Nc2ccccc2)CC1C#N)N(C)C(=O)c1cc2c(F)cc(F)cc2[nH]1. The van der Waals surface area contributed by atoms with Gasteiger partial charge in [-0.05, 0) is 43.0 Å². The Labute approximate surface area is 219 Å². The zero-order valence-electron chi connectivity index (χ0n) is 21.4. The summed E-state index contributed by atoms with van der Waals surface area (Å²) in [4.78, 5) is 45.3. The van der Waals surface area contributed by atoms with Crippen molar-refractivity contribution < 1.29 is 23.2 Å². The van der Waals surface area contributed by atoms with Crippen molar-refractivity contribution in [3.63, 3.8) is 0 Å². The summed E-state index contributed by atoms with van der Waals surface area (Å²) >= 11 is 0. The molecule has 2 aromatic carbocycles. The zero-order valence-corrected chi connectivity index (χ0v) is 21.4. The van der Waals surface area contributed by atoms with Crippen LogP contribution in [0.4, 0.5) is 14.5 Å². The van der Waals surface area contributed by atoms with Crippen LogP contribution in [0.15, 0.2) is 48.5 Å². The van der Waals surface area contributed by atoms with Crippen LogP contribution in [0.1, 0.15) is 37.2 Å². The highest BCUT2D eigenvalue weighted by Crippen LogP contribution is 2.28. The second-order valence-corrected chi connectivity index (χ2v) is 10.0. The van der Waals surface area contributed by atoms with Gasteiger partial charge in [0.1, 0.15) is 29.4 Å². The molecule has 2 N–H and O–H groups in total. The number of hydrogen-bond donors (Lipinski definition) is 2. The number of rotatable bonds is 7. The third-order valence-corrected chi connectivity index (χ3v) is 6.80. The first kappa shape index (κ1) is 26.8. The molecule has 1 aliphatic heterocycles. The first-order valence-corrected chi connectivity index (χ1v) is 12.4. The lowest BCUT2D eigenvalue weighted by Gasteiger charge is -2.32. The van der Waals surface area contributed by atoms with E-state index in [0.29, 0.717) is 12.1 Å². The van der Waals surface area contributed by atoms with Gasteiger partial charge in [-0.3, -0.25) is 14.4 Å². The molecular formula is C28H29F2N5O3. The molecule has 8 nitrogen and oxygen atoms in total. The molecule has 1 aliphatic rings. The number of aromatic nitrogens is 1. The predicted molar refractivity (Wildman–Crippen MR) is 138 cm³/mol. The summed E-state index contributed by atoms with van der Waals surface area (Å²) in [7, 11) is 1.47. The number of hydrogen-bond acceptors (Lipinski definition) is 4. The number of likely N-dealkylation sites (tertiary alicyclic amines) is 1. The van der Waals surface area contributed by atoms with Crippen LogP contribution in [-0.2, 0) is 9.59 Å². The monoisotopic (exact) mass is 521 g/mol. The van der Waals surface area contributed by atoms with Gasteiger partial charge in [-0.25, -0.2) is 8.78 Å². The molecule has 1 aromatic heterocycles. The number of H-pyrrole nitrogens is 1. The van der Waals surface area contributed by atoms with Gasteiger partial charge in [-0.15, -0.1) is 0 Å². The third kappa shape index (κ3) is 5.52. The van der Waals surface area contributed by atoms with Gasteiger partial charge in [0, 0.05) is 30.7 Å². The minimum atomic E-state index is -0.928. The van der Waals surface area contributed by atoms with Crippen molar-refractivity contribution in [1.29, 1.82) is 5.26 Å². The van der Waals surface area contributed by atoms with E-state index in [-0.39, 0.29) is 41.4 Å². The first-order chi connectivity index (χ1) is 18.1. The molecule has 1 saturated heterocycles. The standard InChI is InChI=1S/C28H29F2N5O3/c1-16(2)9-25(34(3)27(37)24-13-21-22(30)11-18(29)12-23(21)33-24)28(38)35-15-17(10-20(35)14-31)26(36)32-19-7-5-4-6-8-19/h4-8,11-13,16-17,20,25,33H,9-10,15H2,1-3H3,(H,32,36). The number of amides is 3. The Bertz CT molecular complexity index is 1400. The van der Waals surface area contributed by atoms with Crippen LogP contribution in [0.3, 0.4) is 0 Å². The van der Waals surface area contributed by atoms with Gasteiger partial charge >= 0.3 is 0 Å². The fourth-order valence-electron chi connectivity index (χ4n) is 4.83. The summed E-state index contributed by atoms with van der Waals surface area (Å²) in [5.41, 5.74) is 0.753. The number of likely N-dealkylation sites (N-methyl/N-ethyl adjacent to an activating group) is 1. The van der Waals surface area contributed by atoms with Crippen LogP contribution in [0.5, 0.6) is 0 Å². The molecule has 10 heteroatoms. The van der Waals surface area contributed by atoms with Gasteiger partial charge < -0.3 is 20.1 Å². The number of para-hydroxylation sites is 1. The molecule has 0 aliphatic carbocycles. The van der Waals surface area contributed by atoms with Crippen molar-refractivity contribution >= 4 is 34.3 Å². The molecule has 0 radical (unpaired) electrons. The Kier molecular flexibility index (Phi) is 7.76. The number of anilines is 1. The largest absolute Gasteiger partial charge is 0.350 e. The van der Waals surface area contributed by atoms with Crippen molar-refractivity contribution in [1.82, 2.24) is 14.8 Å². The Hall–Kier alpha value is -4.26. The molecule has 0 saturated carbocycles. The lowest BCUT2D eigenvalue weighted by atomic mass is 10.0. The average molecular weight is 522 g/mol. The van der Waals surface area contributed by atoms with E-state index in [1.165, 1.54) is 22.9 Å². The number of fused-ring (bicyclic) bond motifs is 1. The lowest BCUT2D eigenvalue weighted by molar-refractivity contribution is -0.136. The number of aromatic amines is 1. The summed E-state index contributed by atoms with van der Waals surface area (Å²) in [5, 5.41) is 12.6. The van der Waals surface area contributed by atoms with E-state index in [4.69, 9.17) is 0 Å². The van der Waals surface area contributed by atoms with Crippen LogP contribution >= 0.6 is 0 Å². The van der Waals surface area contributed by atoms with Crippen LogP contribution < -0.4 is 5.32 Å². The molecule has 4 rings (SSSR count). The summed E-state index contributed by atoms with van der Waals surface area (Å²) in [6.07, 6.45) is 0.486. The maximum atomic E-state index is 14.2. The van der Waals surface area contributed by atoms with E-state index >= 15 is 0 Å². The van der Waals surface area contributed by atoms with Crippen LogP contribution in [-0.4, -0.2) is 58.2 Å². The quantitative estimate of drug-likeness (QED) is 0.483. The van der Waals surface area contributed by atoms with E-state index in [1.807, 2.05) is 19.9 Å². The summed E-state index contributed by atoms with van der Waals surface area (Å²) in [6, 6.07) is 12.4. The normalized spacial score (nSPS) is 17.9. The Balaban J connectivity index is 1.55. The van der Waals surface area contributed by atoms with Crippen LogP contribution in [0.25, 0.3) is 10.9 Å². The van der Waals surface area contributed by atoms with Crippen molar-refractivity contribution in [2.24, 2.45) is 11.8 Å². The van der Waals surface area contributed by atoms with E-state index in [2.05, 4.69) is 16.4 Å². The van der Waals surface area contributed by atoms with Crippen molar-refractivity contribution in [2.45, 2.75) is 38.8 Å². The van der Waals surface area contributed by atoms with Crippen molar-refractivity contribution in [2.75, 3.05) is 18.9 Å². The number of nitrogens with zero attached hydrogens (tertiary/aromatic N) is 3. The fraction of sp³-hybridized carbons (Fsp3) is 0.357. The maximum Gasteiger partial charge on any atom is 0.270 e. The van der Waals surface area contributed by atoms with E-state index in [0.717, 1.165) is 12.1 Å². The molecule has 0 bridgehead atoms. The van der Waals surface area contributed by atoms with Gasteiger partial charge in [0.2, 0.25) is 11.8 Å². The number of halogens is 2. The smallest absolute Gasteiger partial charge is 0.270 e. The Morgan fingerprint density at radius 2 is 1.89 bits per heavy atom. The summed E-state index contributed by atoms with van der Waals surface area (Å²) in [6.45, 7) is 3.85. The fourth-order valence-corrected chi connectivity index (χ4v) is 4.83. The number of benzene rings is 2. The molecule has 3 unspecified atom stereocenters.